The first kappa shape index (κ1) is 18.5. The van der Waals surface area contributed by atoms with Crippen LogP contribution in [0.4, 0.5) is 0 Å². The molecule has 23 heavy (non-hydrogen) atoms. The molecule has 0 heterocycles. The van der Waals surface area contributed by atoms with Gasteiger partial charge in [-0.2, -0.15) is 0 Å². The number of hydrogen-bond acceptors (Lipinski definition) is 2. The molecule has 1 unspecified atom stereocenters. The fraction of sp³-hybridized carbons (Fsp3) is 0.444. The van der Waals surface area contributed by atoms with Crippen molar-refractivity contribution in [2.45, 2.75) is 31.6 Å². The zero-order chi connectivity index (χ0) is 16.7. The highest BCUT2D eigenvalue weighted by atomic mass is 35.5. The van der Waals surface area contributed by atoms with Crippen LogP contribution in [-0.4, -0.2) is 24.5 Å². The average Bonchev–Trinajstić information content (AvgIpc) is 2.55. The Morgan fingerprint density at radius 2 is 1.87 bits per heavy atom. The third kappa shape index (κ3) is 5.07. The van der Waals surface area contributed by atoms with E-state index < -0.39 is 0 Å². The number of unbranched alkanes of at least 4 members (excludes halogenated alkanes) is 1. The van der Waals surface area contributed by atoms with Crippen LogP contribution in [0.25, 0.3) is 10.8 Å². The molecule has 126 valence electrons. The minimum Gasteiger partial charge on any atom is -0.491 e. The predicted molar refractivity (Wildman–Crippen MR) is 99.8 cm³/mol. The lowest BCUT2D eigenvalue weighted by Crippen LogP contribution is -2.12. The summed E-state index contributed by atoms with van der Waals surface area (Å²) in [5.41, 5.74) is 0. The van der Waals surface area contributed by atoms with Crippen molar-refractivity contribution < 1.29 is 9.47 Å². The SMILES string of the molecule is CCCCOc1c(Cl)cc(OCC(Cl)CCCl)c2ccccc12. The van der Waals surface area contributed by atoms with Crippen LogP contribution >= 0.6 is 34.8 Å². The largest absolute Gasteiger partial charge is 0.491 e. The Morgan fingerprint density at radius 3 is 2.57 bits per heavy atom. The Hall–Kier alpha value is -0.830. The molecule has 2 rings (SSSR count). The van der Waals surface area contributed by atoms with E-state index in [2.05, 4.69) is 6.92 Å². The molecule has 0 amide bonds. The minimum absolute atomic E-state index is 0.120. The average molecular weight is 376 g/mol. The Morgan fingerprint density at radius 1 is 1.13 bits per heavy atom. The lowest BCUT2D eigenvalue weighted by Gasteiger charge is -2.16. The molecule has 0 aliphatic carbocycles. The third-order valence-corrected chi connectivity index (χ3v) is 4.34. The van der Waals surface area contributed by atoms with E-state index in [0.29, 0.717) is 42.0 Å². The molecule has 0 aliphatic rings. The molecular weight excluding hydrogens is 355 g/mol. The smallest absolute Gasteiger partial charge is 0.145 e. The second-order valence-electron chi connectivity index (χ2n) is 5.32. The van der Waals surface area contributed by atoms with Gasteiger partial charge >= 0.3 is 0 Å². The van der Waals surface area contributed by atoms with Crippen LogP contribution in [-0.2, 0) is 0 Å². The van der Waals surface area contributed by atoms with Gasteiger partial charge in [0, 0.05) is 22.7 Å². The van der Waals surface area contributed by atoms with Gasteiger partial charge in [0.2, 0.25) is 0 Å². The first-order valence-electron chi connectivity index (χ1n) is 7.84. The van der Waals surface area contributed by atoms with Gasteiger partial charge in [0.25, 0.3) is 0 Å². The highest BCUT2D eigenvalue weighted by molar-refractivity contribution is 6.33. The zero-order valence-electron chi connectivity index (χ0n) is 13.2. The van der Waals surface area contributed by atoms with Gasteiger partial charge in [-0.05, 0) is 12.8 Å². The first-order valence-corrected chi connectivity index (χ1v) is 9.19. The van der Waals surface area contributed by atoms with Crippen LogP contribution in [0.2, 0.25) is 5.02 Å². The third-order valence-electron chi connectivity index (χ3n) is 3.50. The van der Waals surface area contributed by atoms with Crippen LogP contribution in [0.15, 0.2) is 30.3 Å². The van der Waals surface area contributed by atoms with Gasteiger partial charge in [0.05, 0.1) is 17.0 Å². The topological polar surface area (TPSA) is 18.5 Å². The van der Waals surface area contributed by atoms with E-state index in [1.807, 2.05) is 24.3 Å². The lowest BCUT2D eigenvalue weighted by atomic mass is 10.1. The number of fused-ring (bicyclic) bond motifs is 1. The van der Waals surface area contributed by atoms with E-state index in [4.69, 9.17) is 44.3 Å². The number of alkyl halides is 2. The predicted octanol–water partition coefficient (Wildman–Crippen LogP) is 6.29. The van der Waals surface area contributed by atoms with Crippen LogP contribution in [0.1, 0.15) is 26.2 Å². The number of halogens is 3. The van der Waals surface area contributed by atoms with Crippen molar-refractivity contribution in [3.8, 4) is 11.5 Å². The molecule has 2 nitrogen and oxygen atoms in total. The molecule has 5 heteroatoms. The fourth-order valence-electron chi connectivity index (χ4n) is 2.25. The molecule has 1 atom stereocenters. The summed E-state index contributed by atoms with van der Waals surface area (Å²) < 4.78 is 11.7. The zero-order valence-corrected chi connectivity index (χ0v) is 15.4. The molecule has 0 radical (unpaired) electrons. The molecule has 2 aromatic rings. The second-order valence-corrected chi connectivity index (χ2v) is 6.72. The van der Waals surface area contributed by atoms with Gasteiger partial charge in [-0.25, -0.2) is 0 Å². The van der Waals surface area contributed by atoms with E-state index in [0.717, 1.165) is 23.6 Å². The molecule has 0 spiro atoms. The van der Waals surface area contributed by atoms with Crippen LogP contribution in [0.5, 0.6) is 11.5 Å². The molecule has 0 N–H and O–H groups in total. The summed E-state index contributed by atoms with van der Waals surface area (Å²) >= 11 is 18.3. The van der Waals surface area contributed by atoms with Crippen molar-refractivity contribution in [3.05, 3.63) is 35.4 Å². The van der Waals surface area contributed by atoms with Gasteiger partial charge < -0.3 is 9.47 Å². The maximum Gasteiger partial charge on any atom is 0.145 e. The standard InChI is InChI=1S/C18H21Cl3O2/c1-2-3-10-22-18-15-7-5-4-6-14(15)17(11-16(18)21)23-12-13(20)8-9-19/h4-7,11,13H,2-3,8-10,12H2,1H3. The summed E-state index contributed by atoms with van der Waals surface area (Å²) in [7, 11) is 0. The number of ether oxygens (including phenoxy) is 2. The van der Waals surface area contributed by atoms with Crippen LogP contribution in [0.3, 0.4) is 0 Å². The lowest BCUT2D eigenvalue weighted by molar-refractivity contribution is 0.308. The van der Waals surface area contributed by atoms with Crippen molar-refractivity contribution in [2.75, 3.05) is 19.1 Å². The Balaban J connectivity index is 2.27. The summed E-state index contributed by atoms with van der Waals surface area (Å²) in [5, 5.41) is 2.36. The number of hydrogen-bond donors (Lipinski definition) is 0. The normalized spacial score (nSPS) is 12.3. The van der Waals surface area contributed by atoms with Crippen molar-refractivity contribution in [1.29, 1.82) is 0 Å². The summed E-state index contributed by atoms with van der Waals surface area (Å²) in [4.78, 5) is 0. The van der Waals surface area contributed by atoms with Crippen molar-refractivity contribution in [2.24, 2.45) is 0 Å². The molecule has 0 aliphatic heterocycles. The van der Waals surface area contributed by atoms with Gasteiger partial charge in [-0.15, -0.1) is 23.2 Å². The van der Waals surface area contributed by atoms with Gasteiger partial charge in [0.1, 0.15) is 18.1 Å². The molecule has 0 bridgehead atoms. The highest BCUT2D eigenvalue weighted by Crippen LogP contribution is 2.39. The first-order chi connectivity index (χ1) is 11.2. The molecule has 0 fully saturated rings. The van der Waals surface area contributed by atoms with Crippen molar-refractivity contribution in [1.82, 2.24) is 0 Å². The maximum absolute atomic E-state index is 6.40. The van der Waals surface area contributed by atoms with Gasteiger partial charge in [-0.1, -0.05) is 49.2 Å². The molecule has 0 saturated heterocycles. The molecule has 2 aromatic carbocycles. The second kappa shape index (κ2) is 9.46. The number of rotatable bonds is 9. The Labute approximate surface area is 152 Å². The Kier molecular flexibility index (Phi) is 7.61. The van der Waals surface area contributed by atoms with Crippen LogP contribution < -0.4 is 9.47 Å². The van der Waals surface area contributed by atoms with E-state index >= 15 is 0 Å². The summed E-state index contributed by atoms with van der Waals surface area (Å²) in [6.45, 7) is 3.17. The van der Waals surface area contributed by atoms with E-state index in [-0.39, 0.29) is 5.38 Å². The summed E-state index contributed by atoms with van der Waals surface area (Å²) in [5.74, 6) is 1.95. The quantitative estimate of drug-likeness (QED) is 0.379. The fourth-order valence-corrected chi connectivity index (χ4v) is 3.05. The van der Waals surface area contributed by atoms with Gasteiger partial charge in [0.15, 0.2) is 0 Å². The Bertz CT molecular complexity index is 631. The van der Waals surface area contributed by atoms with Crippen molar-refractivity contribution in [3.63, 3.8) is 0 Å². The molecular formula is C18H21Cl3O2. The van der Waals surface area contributed by atoms with Gasteiger partial charge in [-0.3, -0.25) is 0 Å². The molecule has 0 aromatic heterocycles. The van der Waals surface area contributed by atoms with E-state index in [1.54, 1.807) is 6.07 Å². The maximum atomic E-state index is 6.40. The van der Waals surface area contributed by atoms with E-state index in [1.165, 1.54) is 0 Å². The monoisotopic (exact) mass is 374 g/mol. The minimum atomic E-state index is -0.120. The summed E-state index contributed by atoms with van der Waals surface area (Å²) in [6.07, 6.45) is 2.77. The van der Waals surface area contributed by atoms with Crippen LogP contribution in [0, 0.1) is 0 Å². The molecule has 0 saturated carbocycles. The highest BCUT2D eigenvalue weighted by Gasteiger charge is 2.14. The summed E-state index contributed by atoms with van der Waals surface area (Å²) in [6, 6.07) is 9.73. The van der Waals surface area contributed by atoms with Crippen molar-refractivity contribution >= 4 is 45.6 Å². The number of benzene rings is 2. The van der Waals surface area contributed by atoms with E-state index in [9.17, 15) is 0 Å².